The van der Waals surface area contributed by atoms with Crippen LogP contribution in [0.15, 0.2) is 12.2 Å². The Morgan fingerprint density at radius 2 is 2.55 bits per heavy atom. The van der Waals surface area contributed by atoms with Crippen LogP contribution < -0.4 is 5.32 Å². The van der Waals surface area contributed by atoms with Gasteiger partial charge in [0.15, 0.2) is 0 Å². The van der Waals surface area contributed by atoms with Gasteiger partial charge in [0.25, 0.3) is 0 Å². The Labute approximate surface area is 73.6 Å². The van der Waals surface area contributed by atoms with Gasteiger partial charge in [0.1, 0.15) is 0 Å². The maximum atomic E-state index is 3.42. The van der Waals surface area contributed by atoms with Crippen LogP contribution in [0, 0.1) is 0 Å². The van der Waals surface area contributed by atoms with E-state index < -0.39 is 0 Å². The first-order valence-electron chi connectivity index (χ1n) is 4.37. The predicted octanol–water partition coefficient (Wildman–Crippen LogP) is 2.05. The minimum Gasteiger partial charge on any atom is -0.312 e. The number of allylic oxidation sites excluding steroid dienone is 1. The van der Waals surface area contributed by atoms with Crippen molar-refractivity contribution in [2.45, 2.75) is 25.0 Å². The summed E-state index contributed by atoms with van der Waals surface area (Å²) in [6.07, 6.45) is 7.09. The summed E-state index contributed by atoms with van der Waals surface area (Å²) in [5.41, 5.74) is 0. The molecule has 0 spiro atoms. The van der Waals surface area contributed by atoms with Crippen LogP contribution in [0.25, 0.3) is 0 Å². The van der Waals surface area contributed by atoms with E-state index in [9.17, 15) is 0 Å². The maximum absolute atomic E-state index is 3.42. The Morgan fingerprint density at radius 3 is 3.18 bits per heavy atom. The average Bonchev–Trinajstić information content (AvgIpc) is 2.50. The molecular formula is C9H17NS. The highest BCUT2D eigenvalue weighted by atomic mass is 32.2. The monoisotopic (exact) mass is 171 g/mol. The van der Waals surface area contributed by atoms with Crippen molar-refractivity contribution in [1.82, 2.24) is 5.32 Å². The van der Waals surface area contributed by atoms with E-state index in [-0.39, 0.29) is 0 Å². The molecule has 0 saturated carbocycles. The molecule has 0 bridgehead atoms. The van der Waals surface area contributed by atoms with E-state index in [1.165, 1.54) is 25.1 Å². The first kappa shape index (κ1) is 9.14. The molecule has 1 aliphatic heterocycles. The quantitative estimate of drug-likeness (QED) is 0.513. The van der Waals surface area contributed by atoms with Crippen LogP contribution >= 0.6 is 11.8 Å². The van der Waals surface area contributed by atoms with E-state index in [4.69, 9.17) is 0 Å². The third-order valence-corrected chi connectivity index (χ3v) is 3.29. The van der Waals surface area contributed by atoms with Crippen molar-refractivity contribution in [3.05, 3.63) is 12.2 Å². The minimum atomic E-state index is 0.889. The second kappa shape index (κ2) is 5.67. The summed E-state index contributed by atoms with van der Waals surface area (Å²) in [7, 11) is 0. The number of nitrogens with one attached hydrogen (secondary N) is 1. The van der Waals surface area contributed by atoms with E-state index in [0.29, 0.717) is 0 Å². The van der Waals surface area contributed by atoms with Gasteiger partial charge in [0, 0.05) is 18.3 Å². The van der Waals surface area contributed by atoms with Crippen LogP contribution in [-0.4, -0.2) is 24.1 Å². The lowest BCUT2D eigenvalue weighted by Gasteiger charge is -2.07. The molecule has 1 fully saturated rings. The van der Waals surface area contributed by atoms with Crippen LogP contribution in [0.5, 0.6) is 0 Å². The molecule has 0 aromatic rings. The first-order chi connectivity index (χ1) is 5.43. The van der Waals surface area contributed by atoms with Gasteiger partial charge in [-0.05, 0) is 25.5 Å². The standard InChI is InChI=1S/C9H17NS/c1-2-3-6-10-8-9-5-4-7-11-9/h2-3,9-10H,4-8H2,1H3/b3-2+. The first-order valence-corrected chi connectivity index (χ1v) is 5.42. The molecule has 0 amide bonds. The Kier molecular flexibility index (Phi) is 4.71. The van der Waals surface area contributed by atoms with E-state index >= 15 is 0 Å². The summed E-state index contributed by atoms with van der Waals surface area (Å²) in [6, 6.07) is 0. The summed E-state index contributed by atoms with van der Waals surface area (Å²) in [4.78, 5) is 0. The molecule has 0 aromatic carbocycles. The van der Waals surface area contributed by atoms with Crippen molar-refractivity contribution >= 4 is 11.8 Å². The molecule has 0 aliphatic carbocycles. The fourth-order valence-corrected chi connectivity index (χ4v) is 2.49. The Bertz CT molecular complexity index is 117. The molecule has 1 aliphatic rings. The molecule has 11 heavy (non-hydrogen) atoms. The molecule has 1 unspecified atom stereocenters. The van der Waals surface area contributed by atoms with Crippen LogP contribution in [0.4, 0.5) is 0 Å². The van der Waals surface area contributed by atoms with Crippen LogP contribution in [0.1, 0.15) is 19.8 Å². The third-order valence-electron chi connectivity index (χ3n) is 1.89. The zero-order chi connectivity index (χ0) is 7.94. The van der Waals surface area contributed by atoms with Gasteiger partial charge in [-0.25, -0.2) is 0 Å². The van der Waals surface area contributed by atoms with Gasteiger partial charge in [-0.15, -0.1) is 0 Å². The zero-order valence-corrected chi connectivity index (χ0v) is 7.99. The van der Waals surface area contributed by atoms with Gasteiger partial charge in [0.2, 0.25) is 0 Å². The van der Waals surface area contributed by atoms with Gasteiger partial charge in [0.05, 0.1) is 0 Å². The van der Waals surface area contributed by atoms with E-state index in [1.807, 2.05) is 0 Å². The highest BCUT2D eigenvalue weighted by Gasteiger charge is 2.13. The van der Waals surface area contributed by atoms with Crippen molar-refractivity contribution in [1.29, 1.82) is 0 Å². The van der Waals surface area contributed by atoms with Gasteiger partial charge in [-0.3, -0.25) is 0 Å². The summed E-state index contributed by atoms with van der Waals surface area (Å²) in [6.45, 7) is 4.29. The van der Waals surface area contributed by atoms with Crippen molar-refractivity contribution in [3.8, 4) is 0 Å². The van der Waals surface area contributed by atoms with Crippen molar-refractivity contribution < 1.29 is 0 Å². The largest absolute Gasteiger partial charge is 0.312 e. The summed E-state index contributed by atoms with van der Waals surface area (Å²) < 4.78 is 0. The van der Waals surface area contributed by atoms with Crippen molar-refractivity contribution in [2.24, 2.45) is 0 Å². The molecule has 1 nitrogen and oxygen atoms in total. The average molecular weight is 171 g/mol. The molecular weight excluding hydrogens is 154 g/mol. The smallest absolute Gasteiger partial charge is 0.0172 e. The Balaban J connectivity index is 1.93. The molecule has 2 heteroatoms. The number of rotatable bonds is 4. The maximum Gasteiger partial charge on any atom is 0.0172 e. The zero-order valence-electron chi connectivity index (χ0n) is 7.18. The molecule has 64 valence electrons. The van der Waals surface area contributed by atoms with Gasteiger partial charge in [-0.2, -0.15) is 11.8 Å². The molecule has 0 aromatic heterocycles. The normalized spacial score (nSPS) is 25.0. The second-order valence-electron chi connectivity index (χ2n) is 2.86. The Morgan fingerprint density at radius 1 is 1.64 bits per heavy atom. The fourth-order valence-electron chi connectivity index (χ4n) is 1.25. The van der Waals surface area contributed by atoms with Crippen LogP contribution in [0.3, 0.4) is 0 Å². The molecule has 1 N–H and O–H groups in total. The summed E-state index contributed by atoms with van der Waals surface area (Å²) >= 11 is 2.11. The number of hydrogen-bond acceptors (Lipinski definition) is 2. The summed E-state index contributed by atoms with van der Waals surface area (Å²) in [5.74, 6) is 1.37. The lowest BCUT2D eigenvalue weighted by atomic mass is 10.2. The van der Waals surface area contributed by atoms with Crippen LogP contribution in [0.2, 0.25) is 0 Å². The third kappa shape index (κ3) is 3.82. The predicted molar refractivity (Wildman–Crippen MR) is 53.2 cm³/mol. The molecule has 1 atom stereocenters. The SMILES string of the molecule is C/C=C/CNCC1CCCS1. The van der Waals surface area contributed by atoms with E-state index in [1.54, 1.807) is 0 Å². The highest BCUT2D eigenvalue weighted by molar-refractivity contribution is 8.00. The van der Waals surface area contributed by atoms with Crippen molar-refractivity contribution in [3.63, 3.8) is 0 Å². The fraction of sp³-hybridized carbons (Fsp3) is 0.778. The van der Waals surface area contributed by atoms with Gasteiger partial charge < -0.3 is 5.32 Å². The lowest BCUT2D eigenvalue weighted by molar-refractivity contribution is 0.683. The molecule has 0 radical (unpaired) electrons. The number of thioether (sulfide) groups is 1. The van der Waals surface area contributed by atoms with E-state index in [2.05, 4.69) is 36.2 Å². The molecule has 1 saturated heterocycles. The van der Waals surface area contributed by atoms with Gasteiger partial charge >= 0.3 is 0 Å². The van der Waals surface area contributed by atoms with E-state index in [0.717, 1.165) is 11.8 Å². The summed E-state index contributed by atoms with van der Waals surface area (Å²) in [5, 5.41) is 4.31. The topological polar surface area (TPSA) is 12.0 Å². The Hall–Kier alpha value is 0.0500. The highest BCUT2D eigenvalue weighted by Crippen LogP contribution is 2.24. The van der Waals surface area contributed by atoms with Crippen LogP contribution in [-0.2, 0) is 0 Å². The second-order valence-corrected chi connectivity index (χ2v) is 4.27. The number of hydrogen-bond donors (Lipinski definition) is 1. The lowest BCUT2D eigenvalue weighted by Crippen LogP contribution is -2.22. The van der Waals surface area contributed by atoms with Crippen molar-refractivity contribution in [2.75, 3.05) is 18.8 Å². The molecule has 1 heterocycles. The van der Waals surface area contributed by atoms with Gasteiger partial charge in [-0.1, -0.05) is 12.2 Å². The minimum absolute atomic E-state index is 0.889. The molecule has 1 rings (SSSR count).